The van der Waals surface area contributed by atoms with E-state index in [2.05, 4.69) is 14.8 Å². The Morgan fingerprint density at radius 3 is 2.36 bits per heavy atom. The first-order valence-corrected chi connectivity index (χ1v) is 10.5. The molecule has 2 atom stereocenters. The van der Waals surface area contributed by atoms with Crippen LogP contribution in [-0.2, 0) is 24.3 Å². The van der Waals surface area contributed by atoms with Crippen LogP contribution in [0.15, 0.2) is 29.2 Å². The van der Waals surface area contributed by atoms with Crippen molar-refractivity contribution in [3.8, 4) is 0 Å². The Hall–Kier alpha value is -1.58. The highest BCUT2D eigenvalue weighted by atomic mass is 32.2. The summed E-state index contributed by atoms with van der Waals surface area (Å²) < 4.78 is 32.0. The minimum atomic E-state index is -3.85. The first-order valence-electron chi connectivity index (χ1n) is 7.67. The fourth-order valence-corrected chi connectivity index (χ4v) is 3.70. The van der Waals surface area contributed by atoms with Gasteiger partial charge in [0.05, 0.1) is 12.0 Å². The number of hydrogen-bond acceptors (Lipinski definition) is 6. The van der Waals surface area contributed by atoms with Gasteiger partial charge in [-0.15, -0.1) is 0 Å². The van der Waals surface area contributed by atoms with E-state index in [0.29, 0.717) is 12.2 Å². The third kappa shape index (κ3) is 6.68. The van der Waals surface area contributed by atoms with Crippen LogP contribution in [0.3, 0.4) is 0 Å². The molecule has 0 fully saturated rings. The molecule has 0 saturated heterocycles. The molecular formula is C16H24N2O5S2. The second-order valence-electron chi connectivity index (χ2n) is 5.52. The van der Waals surface area contributed by atoms with Crippen LogP contribution in [0, 0.1) is 6.92 Å². The highest BCUT2D eigenvalue weighted by Crippen LogP contribution is 2.12. The summed E-state index contributed by atoms with van der Waals surface area (Å²) in [6, 6.07) is 4.50. The van der Waals surface area contributed by atoms with Crippen LogP contribution in [0.25, 0.3) is 0 Å². The minimum Gasteiger partial charge on any atom is -0.467 e. The van der Waals surface area contributed by atoms with Gasteiger partial charge >= 0.3 is 5.97 Å². The third-order valence-electron chi connectivity index (χ3n) is 3.47. The average molecular weight is 389 g/mol. The number of carbonyl (C=O) groups excluding carboxylic acids is 2. The Morgan fingerprint density at radius 1 is 1.24 bits per heavy atom. The minimum absolute atomic E-state index is 0.0843. The molecule has 0 radical (unpaired) electrons. The second-order valence-corrected chi connectivity index (χ2v) is 8.22. The highest BCUT2D eigenvalue weighted by Gasteiger charge is 2.27. The van der Waals surface area contributed by atoms with Crippen LogP contribution in [0.5, 0.6) is 0 Å². The number of rotatable bonds is 9. The lowest BCUT2D eigenvalue weighted by Crippen LogP contribution is -2.51. The zero-order valence-electron chi connectivity index (χ0n) is 14.7. The molecule has 0 aliphatic carbocycles. The summed E-state index contributed by atoms with van der Waals surface area (Å²) in [5.41, 5.74) is 0.933. The van der Waals surface area contributed by atoms with E-state index in [-0.39, 0.29) is 4.90 Å². The molecule has 0 bridgehead atoms. The number of nitrogens with one attached hydrogen (secondary N) is 2. The second kappa shape index (κ2) is 9.79. The highest BCUT2D eigenvalue weighted by molar-refractivity contribution is 7.98. The predicted molar refractivity (Wildman–Crippen MR) is 97.9 cm³/mol. The number of carbonyl (C=O) groups is 2. The van der Waals surface area contributed by atoms with Crippen molar-refractivity contribution < 1.29 is 22.7 Å². The van der Waals surface area contributed by atoms with Gasteiger partial charge in [-0.25, -0.2) is 13.2 Å². The topological polar surface area (TPSA) is 102 Å². The molecule has 0 aliphatic heterocycles. The van der Waals surface area contributed by atoms with Gasteiger partial charge in [-0.2, -0.15) is 16.5 Å². The summed E-state index contributed by atoms with van der Waals surface area (Å²) in [6.07, 6.45) is 2.16. The summed E-state index contributed by atoms with van der Waals surface area (Å²) >= 11 is 1.49. The molecular weight excluding hydrogens is 364 g/mol. The monoisotopic (exact) mass is 388 g/mol. The van der Waals surface area contributed by atoms with Gasteiger partial charge in [0.25, 0.3) is 0 Å². The maximum atomic E-state index is 12.5. The molecule has 0 heterocycles. The molecule has 9 heteroatoms. The Bertz CT molecular complexity index is 689. The van der Waals surface area contributed by atoms with Crippen molar-refractivity contribution in [2.75, 3.05) is 19.1 Å². The first-order chi connectivity index (χ1) is 11.7. The maximum Gasteiger partial charge on any atom is 0.328 e. The molecule has 2 N–H and O–H groups in total. The number of thioether (sulfide) groups is 1. The molecule has 0 aliphatic rings. The Balaban J connectivity index is 2.92. The van der Waals surface area contributed by atoms with Gasteiger partial charge in [0.2, 0.25) is 15.9 Å². The lowest BCUT2D eigenvalue weighted by atomic mass is 10.2. The van der Waals surface area contributed by atoms with Crippen molar-refractivity contribution in [3.05, 3.63) is 29.8 Å². The van der Waals surface area contributed by atoms with Crippen molar-refractivity contribution in [2.24, 2.45) is 0 Å². The normalized spacial score (nSPS) is 13.8. The van der Waals surface area contributed by atoms with E-state index < -0.39 is 34.0 Å². The van der Waals surface area contributed by atoms with E-state index in [9.17, 15) is 18.0 Å². The van der Waals surface area contributed by atoms with Gasteiger partial charge in [-0.05, 0) is 44.4 Å². The number of methoxy groups -OCH3 is 1. The number of aryl methyl sites for hydroxylation is 1. The summed E-state index contributed by atoms with van der Waals surface area (Å²) in [5, 5.41) is 2.47. The summed E-state index contributed by atoms with van der Waals surface area (Å²) in [5.74, 6) is -0.581. The molecule has 1 amide bonds. The third-order valence-corrected chi connectivity index (χ3v) is 5.60. The molecule has 140 valence electrons. The molecule has 1 aromatic carbocycles. The summed E-state index contributed by atoms with van der Waals surface area (Å²) in [6.45, 7) is 3.33. The maximum absolute atomic E-state index is 12.5. The van der Waals surface area contributed by atoms with E-state index in [1.54, 1.807) is 12.1 Å². The van der Waals surface area contributed by atoms with Gasteiger partial charge < -0.3 is 10.1 Å². The standard InChI is InChI=1S/C16H24N2O5S2/c1-11-5-7-13(8-6-11)25(21,22)18-14(9-10-24-4)15(19)17-12(2)16(20)23-3/h5-8,12,14,18H,9-10H2,1-4H3,(H,17,19)/t12-,14+/m0/s1. The van der Waals surface area contributed by atoms with Crippen LogP contribution >= 0.6 is 11.8 Å². The largest absolute Gasteiger partial charge is 0.467 e. The average Bonchev–Trinajstić information content (AvgIpc) is 2.57. The van der Waals surface area contributed by atoms with Crippen LogP contribution in [0.2, 0.25) is 0 Å². The van der Waals surface area contributed by atoms with Crippen LogP contribution in [0.4, 0.5) is 0 Å². The van der Waals surface area contributed by atoms with E-state index in [0.717, 1.165) is 5.56 Å². The lowest BCUT2D eigenvalue weighted by Gasteiger charge is -2.20. The van der Waals surface area contributed by atoms with Gasteiger partial charge in [-0.1, -0.05) is 17.7 Å². The fraction of sp³-hybridized carbons (Fsp3) is 0.500. The first kappa shape index (κ1) is 21.5. The Kier molecular flexibility index (Phi) is 8.40. The zero-order chi connectivity index (χ0) is 19.0. The predicted octanol–water partition coefficient (Wildman–Crippen LogP) is 1.07. The summed E-state index contributed by atoms with van der Waals surface area (Å²) in [4.78, 5) is 23.9. The van der Waals surface area contributed by atoms with Crippen molar-refractivity contribution in [3.63, 3.8) is 0 Å². The molecule has 0 saturated carbocycles. The van der Waals surface area contributed by atoms with Crippen molar-refractivity contribution in [1.82, 2.24) is 10.0 Å². The van der Waals surface area contributed by atoms with Crippen LogP contribution in [0.1, 0.15) is 18.9 Å². The molecule has 0 unspecified atom stereocenters. The Morgan fingerprint density at radius 2 is 1.84 bits per heavy atom. The van der Waals surface area contributed by atoms with E-state index in [4.69, 9.17) is 0 Å². The number of esters is 1. The quantitative estimate of drug-likeness (QED) is 0.614. The van der Waals surface area contributed by atoms with E-state index in [1.165, 1.54) is 37.9 Å². The van der Waals surface area contributed by atoms with Crippen molar-refractivity contribution >= 4 is 33.7 Å². The molecule has 7 nitrogen and oxygen atoms in total. The van der Waals surface area contributed by atoms with Gasteiger partial charge in [0.1, 0.15) is 12.1 Å². The Labute approximate surface area is 153 Å². The number of sulfonamides is 1. The van der Waals surface area contributed by atoms with E-state index >= 15 is 0 Å². The summed E-state index contributed by atoms with van der Waals surface area (Å²) in [7, 11) is -2.63. The molecule has 0 spiro atoms. The number of hydrogen-bond donors (Lipinski definition) is 2. The van der Waals surface area contributed by atoms with Crippen molar-refractivity contribution in [1.29, 1.82) is 0 Å². The van der Waals surface area contributed by atoms with Crippen molar-refractivity contribution in [2.45, 2.75) is 37.2 Å². The van der Waals surface area contributed by atoms with Gasteiger partial charge in [0.15, 0.2) is 0 Å². The molecule has 0 aromatic heterocycles. The number of benzene rings is 1. The van der Waals surface area contributed by atoms with E-state index in [1.807, 2.05) is 13.2 Å². The smallest absolute Gasteiger partial charge is 0.328 e. The molecule has 25 heavy (non-hydrogen) atoms. The number of ether oxygens (including phenoxy) is 1. The van der Waals surface area contributed by atoms with Gasteiger partial charge in [-0.3, -0.25) is 4.79 Å². The van der Waals surface area contributed by atoms with Crippen LogP contribution < -0.4 is 10.0 Å². The van der Waals surface area contributed by atoms with Crippen LogP contribution in [-0.4, -0.2) is 51.5 Å². The zero-order valence-corrected chi connectivity index (χ0v) is 16.4. The SMILES string of the molecule is COC(=O)[C@H](C)NC(=O)[C@@H](CCSC)NS(=O)(=O)c1ccc(C)cc1. The van der Waals surface area contributed by atoms with Gasteiger partial charge in [0, 0.05) is 0 Å². The molecule has 1 rings (SSSR count). The lowest BCUT2D eigenvalue weighted by molar-refractivity contribution is -0.144. The fourth-order valence-electron chi connectivity index (χ4n) is 2.00. The number of amides is 1. The molecule has 1 aromatic rings.